The van der Waals surface area contributed by atoms with Crippen LogP contribution in [0.1, 0.15) is 44.1 Å². The highest BCUT2D eigenvalue weighted by Crippen LogP contribution is 2.35. The molecule has 0 bridgehead atoms. The molecule has 0 spiro atoms. The van der Waals surface area contributed by atoms with Crippen molar-refractivity contribution >= 4 is 51.9 Å². The van der Waals surface area contributed by atoms with Crippen LogP contribution in [0.5, 0.6) is 5.75 Å². The molecule has 192 valence electrons. The zero-order chi connectivity index (χ0) is 25.8. The van der Waals surface area contributed by atoms with Gasteiger partial charge in [-0.25, -0.2) is 4.99 Å². The number of hydrogen-bond donors (Lipinski definition) is 2. The second-order valence-electron chi connectivity index (χ2n) is 9.25. The van der Waals surface area contributed by atoms with Gasteiger partial charge >= 0.3 is 0 Å². The first-order valence-corrected chi connectivity index (χ1v) is 13.5. The van der Waals surface area contributed by atoms with E-state index in [0.717, 1.165) is 31.2 Å². The Labute approximate surface area is 219 Å². The Hall–Kier alpha value is -3.66. The van der Waals surface area contributed by atoms with Crippen molar-refractivity contribution in [2.24, 2.45) is 9.98 Å². The number of fused-ring (bicyclic) bond motifs is 3. The molecular weight excluding hydrogens is 490 g/mol. The van der Waals surface area contributed by atoms with Crippen molar-refractivity contribution in [3.05, 3.63) is 54.1 Å². The molecule has 1 aliphatic carbocycles. The third-order valence-corrected chi connectivity index (χ3v) is 7.60. The van der Waals surface area contributed by atoms with E-state index in [2.05, 4.69) is 15.6 Å². The number of carbonyl (C=O) groups is 3. The van der Waals surface area contributed by atoms with Crippen molar-refractivity contribution < 1.29 is 19.1 Å². The summed E-state index contributed by atoms with van der Waals surface area (Å²) in [7, 11) is 1.57. The summed E-state index contributed by atoms with van der Waals surface area (Å²) in [4.78, 5) is 49.4. The van der Waals surface area contributed by atoms with Gasteiger partial charge in [0.05, 0.1) is 25.0 Å². The van der Waals surface area contributed by atoms with E-state index in [-0.39, 0.29) is 35.9 Å². The van der Waals surface area contributed by atoms with Gasteiger partial charge in [-0.3, -0.25) is 19.3 Å². The second kappa shape index (κ2) is 11.2. The lowest BCUT2D eigenvalue weighted by molar-refractivity contribution is -0.127. The van der Waals surface area contributed by atoms with Crippen molar-refractivity contribution in [1.29, 1.82) is 0 Å². The smallest absolute Gasteiger partial charge is 0.271 e. The number of benzene rings is 2. The van der Waals surface area contributed by atoms with Crippen molar-refractivity contribution in [1.82, 2.24) is 10.2 Å². The molecule has 1 unspecified atom stereocenters. The zero-order valence-corrected chi connectivity index (χ0v) is 21.4. The molecule has 0 aromatic heterocycles. The van der Waals surface area contributed by atoms with E-state index in [4.69, 9.17) is 9.73 Å². The summed E-state index contributed by atoms with van der Waals surface area (Å²) in [6.07, 6.45) is 5.33. The van der Waals surface area contributed by atoms with Gasteiger partial charge in [0, 0.05) is 23.4 Å². The van der Waals surface area contributed by atoms with Gasteiger partial charge in [-0.05, 0) is 37.1 Å². The highest BCUT2D eigenvalue weighted by molar-refractivity contribution is 8.14. The fraction of sp³-hybridized carbons (Fsp3) is 0.370. The van der Waals surface area contributed by atoms with E-state index in [1.54, 1.807) is 36.3 Å². The van der Waals surface area contributed by atoms with Crippen LogP contribution in [0, 0.1) is 0 Å². The minimum absolute atomic E-state index is 0.0138. The number of amides is 3. The van der Waals surface area contributed by atoms with Gasteiger partial charge in [0.2, 0.25) is 11.8 Å². The Morgan fingerprint density at radius 1 is 1.05 bits per heavy atom. The molecule has 0 radical (unpaired) electrons. The predicted octanol–water partition coefficient (Wildman–Crippen LogP) is 3.86. The quantitative estimate of drug-likeness (QED) is 0.574. The molecule has 9 nitrogen and oxygen atoms in total. The average Bonchev–Trinajstić information content (AvgIpc) is 3.23. The highest BCUT2D eigenvalue weighted by Gasteiger charge is 2.43. The normalized spacial score (nSPS) is 18.9. The van der Waals surface area contributed by atoms with Crippen LogP contribution in [0.2, 0.25) is 0 Å². The maximum absolute atomic E-state index is 13.0. The highest BCUT2D eigenvalue weighted by atomic mass is 32.2. The van der Waals surface area contributed by atoms with Crippen LogP contribution >= 0.6 is 11.8 Å². The number of anilines is 1. The van der Waals surface area contributed by atoms with Crippen LogP contribution < -0.4 is 15.4 Å². The van der Waals surface area contributed by atoms with E-state index >= 15 is 0 Å². The van der Waals surface area contributed by atoms with Gasteiger partial charge < -0.3 is 15.4 Å². The van der Waals surface area contributed by atoms with Crippen molar-refractivity contribution in [2.45, 2.75) is 50.6 Å². The van der Waals surface area contributed by atoms with Crippen LogP contribution in [0.25, 0.3) is 0 Å². The molecule has 2 heterocycles. The maximum Gasteiger partial charge on any atom is 0.271 e. The number of rotatable bonds is 7. The van der Waals surface area contributed by atoms with Gasteiger partial charge in [-0.2, -0.15) is 4.99 Å². The van der Waals surface area contributed by atoms with E-state index in [9.17, 15) is 14.4 Å². The van der Waals surface area contributed by atoms with Crippen LogP contribution in [0.4, 0.5) is 11.4 Å². The molecule has 3 aliphatic rings. The summed E-state index contributed by atoms with van der Waals surface area (Å²) < 4.78 is 5.21. The Morgan fingerprint density at radius 2 is 1.86 bits per heavy atom. The fourth-order valence-electron chi connectivity index (χ4n) is 4.84. The SMILES string of the molecule is COc1cccc(NC(=O)CSC2=Nc3ccccc3C3=NC(=O)C(CC(=O)NC4CCCCC4)N23)c1. The Bertz CT molecular complexity index is 1270. The minimum Gasteiger partial charge on any atom is -0.497 e. The molecule has 0 saturated heterocycles. The van der Waals surface area contributed by atoms with Crippen molar-refractivity contribution in [3.63, 3.8) is 0 Å². The second-order valence-corrected chi connectivity index (χ2v) is 10.2. The Kier molecular flexibility index (Phi) is 7.55. The maximum atomic E-state index is 13.0. The molecule has 2 aromatic rings. The number of hydrogen-bond acceptors (Lipinski definition) is 7. The number of para-hydroxylation sites is 1. The first kappa shape index (κ1) is 25.0. The van der Waals surface area contributed by atoms with Gasteiger partial charge in [0.1, 0.15) is 17.6 Å². The van der Waals surface area contributed by atoms with E-state index in [1.807, 2.05) is 24.3 Å². The molecule has 37 heavy (non-hydrogen) atoms. The minimum atomic E-state index is -0.792. The first-order valence-electron chi connectivity index (χ1n) is 12.5. The fourth-order valence-corrected chi connectivity index (χ4v) is 5.69. The standard InChI is InChI=1S/C27H29N5O4S/c1-36-19-11-7-10-18(14-19)29-24(34)16-37-27-30-21-13-6-5-12-20(21)25-31-26(35)22(32(25)27)15-23(33)28-17-8-3-2-4-9-17/h5-7,10-14,17,22H,2-4,8-9,15-16H2,1H3,(H,28,33)(H,29,34). The van der Waals surface area contributed by atoms with Crippen LogP contribution in [0.15, 0.2) is 58.5 Å². The molecule has 2 N–H and O–H groups in total. The van der Waals surface area contributed by atoms with E-state index in [0.29, 0.717) is 28.1 Å². The summed E-state index contributed by atoms with van der Waals surface area (Å²) in [5.41, 5.74) is 2.03. The first-order chi connectivity index (χ1) is 18.0. The number of carbonyl (C=O) groups excluding carboxylic acids is 3. The summed E-state index contributed by atoms with van der Waals surface area (Å²) in [6.45, 7) is 0. The molecule has 5 rings (SSSR count). The molecular formula is C27H29N5O4S. The number of thioether (sulfide) groups is 1. The van der Waals surface area contributed by atoms with Gasteiger partial charge in [-0.1, -0.05) is 49.2 Å². The average molecular weight is 520 g/mol. The van der Waals surface area contributed by atoms with Crippen molar-refractivity contribution in [2.75, 3.05) is 18.2 Å². The number of methoxy groups -OCH3 is 1. The summed E-state index contributed by atoms with van der Waals surface area (Å²) in [5, 5.41) is 6.42. The molecule has 2 aromatic carbocycles. The molecule has 1 saturated carbocycles. The lowest BCUT2D eigenvalue weighted by Gasteiger charge is -2.31. The van der Waals surface area contributed by atoms with Gasteiger partial charge in [-0.15, -0.1) is 0 Å². The number of ether oxygens (including phenoxy) is 1. The predicted molar refractivity (Wildman–Crippen MR) is 144 cm³/mol. The summed E-state index contributed by atoms with van der Waals surface area (Å²) in [6, 6.07) is 13.9. The Balaban J connectivity index is 1.31. The topological polar surface area (TPSA) is 112 Å². The third kappa shape index (κ3) is 5.69. The van der Waals surface area contributed by atoms with Crippen LogP contribution in [0.3, 0.4) is 0 Å². The number of aliphatic imine (C=N–C) groups is 2. The molecule has 3 amide bonds. The third-order valence-electron chi connectivity index (χ3n) is 6.64. The van der Waals surface area contributed by atoms with E-state index < -0.39 is 6.04 Å². The molecule has 1 fully saturated rings. The number of nitrogens with one attached hydrogen (secondary N) is 2. The summed E-state index contributed by atoms with van der Waals surface area (Å²) >= 11 is 1.21. The van der Waals surface area contributed by atoms with E-state index in [1.165, 1.54) is 18.2 Å². The molecule has 10 heteroatoms. The summed E-state index contributed by atoms with van der Waals surface area (Å²) in [5.74, 6) is 0.416. The van der Waals surface area contributed by atoms with Crippen LogP contribution in [-0.2, 0) is 14.4 Å². The number of amidine groups is 2. The molecule has 2 aliphatic heterocycles. The van der Waals surface area contributed by atoms with Crippen LogP contribution in [-0.4, -0.2) is 58.6 Å². The van der Waals surface area contributed by atoms with Crippen molar-refractivity contribution in [3.8, 4) is 5.75 Å². The van der Waals surface area contributed by atoms with Gasteiger partial charge in [0.25, 0.3) is 5.91 Å². The monoisotopic (exact) mass is 519 g/mol. The number of nitrogens with zero attached hydrogens (tertiary/aromatic N) is 3. The zero-order valence-electron chi connectivity index (χ0n) is 20.6. The lowest BCUT2D eigenvalue weighted by Crippen LogP contribution is -2.47. The van der Waals surface area contributed by atoms with Gasteiger partial charge in [0.15, 0.2) is 5.17 Å². The largest absolute Gasteiger partial charge is 0.497 e. The molecule has 1 atom stereocenters. The lowest BCUT2D eigenvalue weighted by atomic mass is 9.95. The Morgan fingerprint density at radius 3 is 2.68 bits per heavy atom.